The van der Waals surface area contributed by atoms with E-state index in [0.717, 1.165) is 5.56 Å². The highest BCUT2D eigenvalue weighted by Crippen LogP contribution is 2.41. The molecule has 0 aromatic heterocycles. The molecule has 0 spiro atoms. The molecule has 2 aromatic rings. The molecule has 1 saturated carbocycles. The monoisotopic (exact) mass is 348 g/mol. The first-order valence-electron chi connectivity index (χ1n) is 8.96. The predicted molar refractivity (Wildman–Crippen MR) is 96.1 cm³/mol. The fraction of sp³-hybridized carbons (Fsp3) is 0.318. The summed E-state index contributed by atoms with van der Waals surface area (Å²) in [5.74, 6) is -1.40. The first-order valence-corrected chi connectivity index (χ1v) is 8.96. The number of carbonyl (C=O) groups is 3. The molecular weight excluding hydrogens is 328 g/mol. The lowest BCUT2D eigenvalue weighted by molar-refractivity contribution is -0.131. The minimum Gasteiger partial charge on any atom is -0.369 e. The van der Waals surface area contributed by atoms with Crippen LogP contribution in [0.3, 0.4) is 0 Å². The first kappa shape index (κ1) is 16.9. The fourth-order valence-electron chi connectivity index (χ4n) is 4.16. The van der Waals surface area contributed by atoms with E-state index in [1.807, 2.05) is 37.3 Å². The summed E-state index contributed by atoms with van der Waals surface area (Å²) in [6, 6.07) is 16.6. The van der Waals surface area contributed by atoms with Crippen LogP contribution in [0.4, 0.5) is 0 Å². The van der Waals surface area contributed by atoms with Crippen LogP contribution in [0.1, 0.15) is 52.1 Å². The molecule has 2 aliphatic carbocycles. The molecule has 132 valence electrons. The van der Waals surface area contributed by atoms with E-state index in [1.54, 1.807) is 24.3 Å². The normalized spacial score (nSPS) is 26.2. The molecule has 4 heteroatoms. The number of Topliss-reactive ketones (excluding diaryl/α,β-unsaturated/α-hetero) is 3. The highest BCUT2D eigenvalue weighted by molar-refractivity contribution is 6.17. The van der Waals surface area contributed by atoms with Gasteiger partial charge in [0.05, 0.1) is 18.1 Å². The van der Waals surface area contributed by atoms with E-state index in [2.05, 4.69) is 0 Å². The topological polar surface area (TPSA) is 60.4 Å². The Balaban J connectivity index is 1.67. The summed E-state index contributed by atoms with van der Waals surface area (Å²) in [5.41, 5.74) is 1.87. The predicted octanol–water partition coefficient (Wildman–Crippen LogP) is 3.81. The largest absolute Gasteiger partial charge is 0.369 e. The van der Waals surface area contributed by atoms with Crippen molar-refractivity contribution in [3.05, 3.63) is 71.3 Å². The second kappa shape index (κ2) is 6.61. The zero-order valence-electron chi connectivity index (χ0n) is 14.6. The minimum atomic E-state index is -0.605. The van der Waals surface area contributed by atoms with Crippen molar-refractivity contribution >= 4 is 17.3 Å². The van der Waals surface area contributed by atoms with Crippen LogP contribution in [-0.4, -0.2) is 23.5 Å². The molecule has 0 saturated heterocycles. The summed E-state index contributed by atoms with van der Waals surface area (Å²) in [6.07, 6.45) is -0.517. The molecule has 0 radical (unpaired) electrons. The van der Waals surface area contributed by atoms with Crippen LogP contribution in [0.5, 0.6) is 0 Å². The Kier molecular flexibility index (Phi) is 4.29. The summed E-state index contributed by atoms with van der Waals surface area (Å²) in [4.78, 5) is 38.2. The molecule has 1 fully saturated rings. The lowest BCUT2D eigenvalue weighted by atomic mass is 9.65. The number of benzene rings is 2. The van der Waals surface area contributed by atoms with E-state index < -0.39 is 17.9 Å². The second-order valence-electron chi connectivity index (χ2n) is 7.08. The van der Waals surface area contributed by atoms with Crippen molar-refractivity contribution in [1.82, 2.24) is 0 Å². The quantitative estimate of drug-likeness (QED) is 0.846. The first-order chi connectivity index (χ1) is 12.6. The van der Waals surface area contributed by atoms with E-state index in [4.69, 9.17) is 4.74 Å². The van der Waals surface area contributed by atoms with E-state index in [1.165, 1.54) is 0 Å². The smallest absolute Gasteiger partial charge is 0.170 e. The number of hydrogen-bond donors (Lipinski definition) is 0. The molecule has 4 rings (SSSR count). The Labute approximate surface area is 152 Å². The van der Waals surface area contributed by atoms with Gasteiger partial charge in [0.2, 0.25) is 0 Å². The highest BCUT2D eigenvalue weighted by Gasteiger charge is 2.50. The standard InChI is InChI=1S/C22H20O4/c1-13(14-7-3-2-4-8-14)26-19-12-15(23)11-18-20(19)22(25)17-10-6-5-9-16(17)21(18)24/h2-10,13,18-20H,11-12H2,1H3/t13-,18-,19+,20+/m1/s1. The van der Waals surface area contributed by atoms with Gasteiger partial charge in [-0.25, -0.2) is 0 Å². The van der Waals surface area contributed by atoms with Gasteiger partial charge in [0.15, 0.2) is 11.6 Å². The molecule has 4 atom stereocenters. The Morgan fingerprint density at radius 1 is 0.846 bits per heavy atom. The third kappa shape index (κ3) is 2.80. The van der Waals surface area contributed by atoms with Gasteiger partial charge < -0.3 is 4.74 Å². The van der Waals surface area contributed by atoms with Crippen LogP contribution in [0.25, 0.3) is 0 Å². The van der Waals surface area contributed by atoms with Gasteiger partial charge >= 0.3 is 0 Å². The van der Waals surface area contributed by atoms with Gasteiger partial charge in [-0.1, -0.05) is 54.6 Å². The molecule has 0 amide bonds. The van der Waals surface area contributed by atoms with Gasteiger partial charge in [-0.3, -0.25) is 14.4 Å². The molecule has 0 unspecified atom stereocenters. The van der Waals surface area contributed by atoms with Gasteiger partial charge in [0.1, 0.15) is 5.78 Å². The Morgan fingerprint density at radius 3 is 2.15 bits per heavy atom. The van der Waals surface area contributed by atoms with Crippen molar-refractivity contribution in [3.8, 4) is 0 Å². The third-order valence-electron chi connectivity index (χ3n) is 5.46. The maximum atomic E-state index is 13.1. The van der Waals surface area contributed by atoms with Crippen LogP contribution >= 0.6 is 0 Å². The van der Waals surface area contributed by atoms with Crippen molar-refractivity contribution in [2.24, 2.45) is 11.8 Å². The summed E-state index contributed by atoms with van der Waals surface area (Å²) in [6.45, 7) is 1.91. The SMILES string of the molecule is C[C@@H](O[C@H]1CC(=O)C[C@H]2C(=O)c3ccccc3C(=O)[C@H]12)c1ccccc1. The number of ketones is 3. The van der Waals surface area contributed by atoms with Gasteiger partial charge in [-0.2, -0.15) is 0 Å². The average Bonchev–Trinajstić information content (AvgIpc) is 2.66. The molecular formula is C22H20O4. The molecule has 0 heterocycles. The van der Waals surface area contributed by atoms with Gasteiger partial charge in [-0.15, -0.1) is 0 Å². The fourth-order valence-corrected chi connectivity index (χ4v) is 4.16. The van der Waals surface area contributed by atoms with Crippen molar-refractivity contribution in [2.75, 3.05) is 0 Å². The van der Waals surface area contributed by atoms with Gasteiger partial charge in [0, 0.05) is 29.9 Å². The number of rotatable bonds is 3. The molecule has 2 aliphatic rings. The van der Waals surface area contributed by atoms with Gasteiger partial charge in [0.25, 0.3) is 0 Å². The molecule has 0 N–H and O–H groups in total. The van der Waals surface area contributed by atoms with E-state index in [0.29, 0.717) is 11.1 Å². The van der Waals surface area contributed by atoms with Crippen LogP contribution < -0.4 is 0 Å². The Bertz CT molecular complexity index is 871. The Hall–Kier alpha value is -2.59. The Morgan fingerprint density at radius 2 is 1.46 bits per heavy atom. The van der Waals surface area contributed by atoms with Crippen molar-refractivity contribution in [1.29, 1.82) is 0 Å². The number of ether oxygens (including phenoxy) is 1. The van der Waals surface area contributed by atoms with E-state index in [9.17, 15) is 14.4 Å². The van der Waals surface area contributed by atoms with Crippen LogP contribution in [0, 0.1) is 11.8 Å². The van der Waals surface area contributed by atoms with Crippen LogP contribution in [0.15, 0.2) is 54.6 Å². The number of carbonyl (C=O) groups excluding carboxylic acids is 3. The molecule has 2 aromatic carbocycles. The number of fused-ring (bicyclic) bond motifs is 2. The van der Waals surface area contributed by atoms with Crippen LogP contribution in [0.2, 0.25) is 0 Å². The van der Waals surface area contributed by atoms with Crippen molar-refractivity contribution < 1.29 is 19.1 Å². The maximum Gasteiger partial charge on any atom is 0.170 e. The van der Waals surface area contributed by atoms with E-state index in [-0.39, 0.29) is 36.3 Å². The molecule has 4 nitrogen and oxygen atoms in total. The highest BCUT2D eigenvalue weighted by atomic mass is 16.5. The zero-order valence-corrected chi connectivity index (χ0v) is 14.6. The average molecular weight is 348 g/mol. The van der Waals surface area contributed by atoms with Gasteiger partial charge in [-0.05, 0) is 12.5 Å². The summed E-state index contributed by atoms with van der Waals surface area (Å²) >= 11 is 0. The maximum absolute atomic E-state index is 13.1. The minimum absolute atomic E-state index is 0.0166. The summed E-state index contributed by atoms with van der Waals surface area (Å²) < 4.78 is 6.16. The van der Waals surface area contributed by atoms with Crippen molar-refractivity contribution in [3.63, 3.8) is 0 Å². The van der Waals surface area contributed by atoms with E-state index >= 15 is 0 Å². The molecule has 0 bridgehead atoms. The lowest BCUT2D eigenvalue weighted by Gasteiger charge is -2.39. The molecule has 26 heavy (non-hydrogen) atoms. The lowest BCUT2D eigenvalue weighted by Crippen LogP contribution is -2.49. The summed E-state index contributed by atoms with van der Waals surface area (Å²) in [7, 11) is 0. The third-order valence-corrected chi connectivity index (χ3v) is 5.46. The molecule has 0 aliphatic heterocycles. The summed E-state index contributed by atoms with van der Waals surface area (Å²) in [5, 5.41) is 0. The van der Waals surface area contributed by atoms with Crippen LogP contribution in [-0.2, 0) is 9.53 Å². The zero-order chi connectivity index (χ0) is 18.3. The van der Waals surface area contributed by atoms with Crippen molar-refractivity contribution in [2.45, 2.75) is 32.0 Å². The number of hydrogen-bond acceptors (Lipinski definition) is 4. The second-order valence-corrected chi connectivity index (χ2v) is 7.08.